The molecule has 0 amide bonds. The average molecular weight is 385 g/mol. The van der Waals surface area contributed by atoms with E-state index in [-0.39, 0.29) is 17.0 Å². The molecule has 0 aromatic heterocycles. The second-order valence-electron chi connectivity index (χ2n) is 3.60. The van der Waals surface area contributed by atoms with Crippen molar-refractivity contribution < 1.29 is 18.4 Å². The zero-order valence-corrected chi connectivity index (χ0v) is 12.5. The van der Waals surface area contributed by atoms with Crippen LogP contribution < -0.4 is 0 Å². The lowest BCUT2D eigenvalue weighted by atomic mass is 10.1. The van der Waals surface area contributed by atoms with Crippen LogP contribution in [0.1, 0.15) is 18.6 Å². The molecule has 6 nitrogen and oxygen atoms in total. The van der Waals surface area contributed by atoms with Crippen LogP contribution in [0.25, 0.3) is 0 Å². The molecule has 0 bridgehead atoms. The molecule has 0 unspecified atom stereocenters. The van der Waals surface area contributed by atoms with E-state index in [2.05, 4.69) is 0 Å². The van der Waals surface area contributed by atoms with Gasteiger partial charge in [-0.2, -0.15) is 0 Å². The maximum Gasteiger partial charge on any atom is 0.269 e. The molecule has 0 aliphatic carbocycles. The Kier molecular flexibility index (Phi) is 5.05. The molecule has 8 heteroatoms. The summed E-state index contributed by atoms with van der Waals surface area (Å²) in [6, 6.07) is 5.35. The van der Waals surface area contributed by atoms with Crippen LogP contribution in [0.5, 0.6) is 0 Å². The van der Waals surface area contributed by atoms with Gasteiger partial charge in [0.1, 0.15) is 9.36 Å². The number of halogens is 1. The van der Waals surface area contributed by atoms with Gasteiger partial charge >= 0.3 is 0 Å². The Morgan fingerprint density at radius 2 is 2.11 bits per heavy atom. The van der Waals surface area contributed by atoms with Gasteiger partial charge in [0, 0.05) is 17.9 Å². The molecule has 0 saturated heterocycles. The van der Waals surface area contributed by atoms with E-state index in [4.69, 9.17) is 0 Å². The normalized spacial score (nSPS) is 15.1. The van der Waals surface area contributed by atoms with E-state index in [0.29, 0.717) is 0 Å². The molecule has 0 aliphatic rings. The van der Waals surface area contributed by atoms with Gasteiger partial charge in [-0.3, -0.25) is 10.1 Å². The van der Waals surface area contributed by atoms with Crippen LogP contribution >= 0.6 is 22.6 Å². The number of alkyl halides is 1. The first kappa shape index (κ1) is 15.3. The van der Waals surface area contributed by atoms with Crippen LogP contribution in [0.15, 0.2) is 24.3 Å². The van der Waals surface area contributed by atoms with Crippen LogP contribution in [0, 0.1) is 10.1 Å². The quantitative estimate of drug-likeness (QED) is 0.361. The number of benzene rings is 1. The van der Waals surface area contributed by atoms with Gasteiger partial charge in [-0.25, -0.2) is 8.42 Å². The number of sulfone groups is 1. The van der Waals surface area contributed by atoms with Crippen LogP contribution in [-0.2, 0) is 9.84 Å². The molecule has 2 atom stereocenters. The maximum absolute atomic E-state index is 11.6. The highest BCUT2D eigenvalue weighted by atomic mass is 127. The van der Waals surface area contributed by atoms with Gasteiger partial charge in [0.15, 0.2) is 9.84 Å². The van der Waals surface area contributed by atoms with Crippen LogP contribution in [0.3, 0.4) is 0 Å². The molecule has 1 rings (SSSR count). The lowest BCUT2D eigenvalue weighted by molar-refractivity contribution is -0.385. The van der Waals surface area contributed by atoms with Crippen molar-refractivity contribution in [2.75, 3.05) is 5.75 Å². The minimum atomic E-state index is -3.41. The molecule has 0 saturated carbocycles. The number of nitro benzene ring substituents is 1. The van der Waals surface area contributed by atoms with Crippen molar-refractivity contribution in [3.05, 3.63) is 39.9 Å². The summed E-state index contributed by atoms with van der Waals surface area (Å²) in [5.74, 6) is -0.0907. The van der Waals surface area contributed by atoms with Crippen LogP contribution in [0.2, 0.25) is 0 Å². The van der Waals surface area contributed by atoms with Gasteiger partial charge in [0.2, 0.25) is 0 Å². The summed E-state index contributed by atoms with van der Waals surface area (Å²) < 4.78 is 22.2. The second-order valence-corrected chi connectivity index (χ2v) is 8.20. The molecule has 1 aromatic rings. The monoisotopic (exact) mass is 385 g/mol. The topological polar surface area (TPSA) is 97.5 Å². The Hall–Kier alpha value is -0.740. The zero-order chi connectivity index (χ0) is 13.9. The largest absolute Gasteiger partial charge is 0.386 e. The fraction of sp³-hybridized carbons (Fsp3) is 0.400. The lowest BCUT2D eigenvalue weighted by Gasteiger charge is -2.17. The summed E-state index contributed by atoms with van der Waals surface area (Å²) in [5.41, 5.74) is 0.0460. The minimum Gasteiger partial charge on any atom is -0.386 e. The van der Waals surface area contributed by atoms with Crippen molar-refractivity contribution in [2.24, 2.45) is 0 Å². The molecule has 1 N–H and O–H groups in total. The molecule has 100 valence electrons. The first-order valence-corrected chi connectivity index (χ1v) is 8.03. The molecule has 1 aromatic carbocycles. The Balaban J connectivity index is 3.08. The number of aliphatic hydroxyl groups is 1. The number of aliphatic hydroxyl groups excluding tert-OH is 1. The lowest BCUT2D eigenvalue weighted by Crippen LogP contribution is -2.24. The number of nitrogens with zero attached hydrogens (tertiary/aromatic N) is 1. The molecule has 0 spiro atoms. The number of hydrogen-bond donors (Lipinski definition) is 1. The summed E-state index contributed by atoms with van der Waals surface area (Å²) in [6.07, 6.45) is -1.28. The second kappa shape index (κ2) is 5.93. The van der Waals surface area contributed by atoms with Gasteiger partial charge in [-0.05, 0) is 5.56 Å². The van der Waals surface area contributed by atoms with Crippen molar-refractivity contribution in [2.45, 2.75) is 16.3 Å². The Morgan fingerprint density at radius 3 is 2.61 bits per heavy atom. The SMILES string of the molecule is CCS(=O)(=O)[C@H](I)[C@H](O)c1cccc([N+](=O)[O-])c1. The number of hydrogen-bond acceptors (Lipinski definition) is 5. The van der Waals surface area contributed by atoms with Gasteiger partial charge in [0.05, 0.1) is 4.92 Å². The van der Waals surface area contributed by atoms with Gasteiger partial charge in [-0.1, -0.05) is 41.6 Å². The molecule has 0 fully saturated rings. The number of non-ortho nitro benzene ring substituents is 1. The predicted octanol–water partition coefficient (Wildman–Crippen LogP) is 1.82. The Labute approximate surface area is 118 Å². The fourth-order valence-corrected chi connectivity index (χ4v) is 3.69. The molecule has 18 heavy (non-hydrogen) atoms. The summed E-state index contributed by atoms with van der Waals surface area (Å²) in [7, 11) is -3.41. The minimum absolute atomic E-state index is 0.0907. The first-order valence-electron chi connectivity index (χ1n) is 5.07. The highest BCUT2D eigenvalue weighted by Crippen LogP contribution is 2.29. The van der Waals surface area contributed by atoms with E-state index in [9.17, 15) is 23.6 Å². The van der Waals surface area contributed by atoms with Crippen LogP contribution in [-0.4, -0.2) is 27.5 Å². The zero-order valence-electron chi connectivity index (χ0n) is 9.48. The van der Waals surface area contributed by atoms with Crippen molar-refractivity contribution in [3.8, 4) is 0 Å². The van der Waals surface area contributed by atoms with E-state index in [1.807, 2.05) is 0 Å². The third kappa shape index (κ3) is 3.39. The van der Waals surface area contributed by atoms with Gasteiger partial charge < -0.3 is 5.11 Å². The van der Waals surface area contributed by atoms with Crippen molar-refractivity contribution >= 4 is 38.1 Å². The summed E-state index contributed by atoms with van der Waals surface area (Å²) in [5, 5.41) is 20.6. The van der Waals surface area contributed by atoms with E-state index < -0.39 is 24.1 Å². The molecular weight excluding hydrogens is 373 g/mol. The van der Waals surface area contributed by atoms with E-state index in [1.165, 1.54) is 31.2 Å². The van der Waals surface area contributed by atoms with Crippen molar-refractivity contribution in [1.82, 2.24) is 0 Å². The van der Waals surface area contributed by atoms with Crippen molar-refractivity contribution in [1.29, 1.82) is 0 Å². The maximum atomic E-state index is 11.6. The third-order valence-electron chi connectivity index (χ3n) is 2.42. The average Bonchev–Trinajstić information content (AvgIpc) is 2.37. The third-order valence-corrected chi connectivity index (χ3v) is 7.17. The standard InChI is InChI=1S/C10H12INO5S/c1-2-18(16,17)10(11)9(13)7-4-3-5-8(6-7)12(14)15/h3-6,9-10,13H,2H2,1H3/t9-,10+/m1/s1. The highest BCUT2D eigenvalue weighted by Gasteiger charge is 2.30. The highest BCUT2D eigenvalue weighted by molar-refractivity contribution is 14.1. The van der Waals surface area contributed by atoms with Gasteiger partial charge in [0.25, 0.3) is 5.69 Å². The number of rotatable bonds is 5. The van der Waals surface area contributed by atoms with E-state index >= 15 is 0 Å². The summed E-state index contributed by atoms with van der Waals surface area (Å²) in [6.45, 7) is 1.49. The Bertz CT molecular complexity index is 545. The fourth-order valence-electron chi connectivity index (χ4n) is 1.33. The molecule has 0 heterocycles. The van der Waals surface area contributed by atoms with Crippen molar-refractivity contribution in [3.63, 3.8) is 0 Å². The predicted molar refractivity (Wildman–Crippen MR) is 75.3 cm³/mol. The van der Waals surface area contributed by atoms with E-state index in [1.54, 1.807) is 22.6 Å². The van der Waals surface area contributed by atoms with Gasteiger partial charge in [-0.15, -0.1) is 0 Å². The molecule has 0 aliphatic heterocycles. The van der Waals surface area contributed by atoms with E-state index in [0.717, 1.165) is 0 Å². The number of nitro groups is 1. The molecular formula is C10H12INO5S. The molecule has 0 radical (unpaired) electrons. The first-order chi connectivity index (χ1) is 8.29. The Morgan fingerprint density at radius 1 is 1.50 bits per heavy atom. The summed E-state index contributed by atoms with van der Waals surface area (Å²) >= 11 is 1.64. The summed E-state index contributed by atoms with van der Waals surface area (Å²) in [4.78, 5) is 10.0. The van der Waals surface area contributed by atoms with Crippen LogP contribution in [0.4, 0.5) is 5.69 Å². The smallest absolute Gasteiger partial charge is 0.269 e.